The van der Waals surface area contributed by atoms with Gasteiger partial charge in [0.05, 0.1) is 12.0 Å². The molecule has 38 heavy (non-hydrogen) atoms. The lowest BCUT2D eigenvalue weighted by molar-refractivity contribution is -0.195. The van der Waals surface area contributed by atoms with Crippen LogP contribution in [0, 0.1) is 40.4 Å². The SMILES string of the molecule is CC[C@@H]([C@H](NC(=O)C(F)(F)F)C(=O)N1C[C@H]2[C@@H]([C@H]1C(=O)N[C@H](C#N)C[C@@H]1CCNC1=O)C2(C)C)C(F)(F)F. The number of nitriles is 1. The van der Waals surface area contributed by atoms with Gasteiger partial charge in [-0.15, -0.1) is 0 Å². The zero-order valence-corrected chi connectivity index (χ0v) is 20.9. The molecule has 2 heterocycles. The zero-order chi connectivity index (χ0) is 28.8. The van der Waals surface area contributed by atoms with Crippen LogP contribution in [0.4, 0.5) is 26.3 Å². The number of likely N-dealkylation sites (tertiary alicyclic amines) is 1. The average molecular weight is 554 g/mol. The summed E-state index contributed by atoms with van der Waals surface area (Å²) in [6.45, 7) is 4.78. The molecule has 0 spiro atoms. The molecule has 0 aromatic carbocycles. The Balaban J connectivity index is 1.87. The Morgan fingerprint density at radius 2 is 1.82 bits per heavy atom. The summed E-state index contributed by atoms with van der Waals surface area (Å²) in [7, 11) is 0. The first-order chi connectivity index (χ1) is 17.4. The van der Waals surface area contributed by atoms with Gasteiger partial charge in [0.2, 0.25) is 17.7 Å². The Labute approximate surface area is 214 Å². The highest BCUT2D eigenvalue weighted by Gasteiger charge is 2.70. The molecule has 7 atom stereocenters. The van der Waals surface area contributed by atoms with Crippen LogP contribution in [0.15, 0.2) is 0 Å². The van der Waals surface area contributed by atoms with E-state index in [4.69, 9.17) is 0 Å². The highest BCUT2D eigenvalue weighted by atomic mass is 19.4. The molecule has 9 nitrogen and oxygen atoms in total. The number of fused-ring (bicyclic) bond motifs is 1. The predicted octanol–water partition coefficient (Wildman–Crippen LogP) is 1.64. The molecule has 3 rings (SSSR count). The van der Waals surface area contributed by atoms with E-state index in [0.29, 0.717) is 13.0 Å². The van der Waals surface area contributed by atoms with Gasteiger partial charge in [0.15, 0.2) is 0 Å². The Kier molecular flexibility index (Phi) is 7.96. The van der Waals surface area contributed by atoms with Crippen LogP contribution in [0.5, 0.6) is 0 Å². The molecule has 4 amide bonds. The van der Waals surface area contributed by atoms with Gasteiger partial charge in [-0.2, -0.15) is 31.6 Å². The summed E-state index contributed by atoms with van der Waals surface area (Å²) in [5.74, 6) is -9.34. The third-order valence-corrected chi connectivity index (χ3v) is 7.99. The maximum atomic E-state index is 13.7. The number of hydrogen-bond donors (Lipinski definition) is 3. The van der Waals surface area contributed by atoms with Gasteiger partial charge in [0.25, 0.3) is 0 Å². The molecule has 0 unspecified atom stereocenters. The van der Waals surface area contributed by atoms with E-state index in [1.807, 2.05) is 6.07 Å². The smallest absolute Gasteiger partial charge is 0.356 e. The lowest BCUT2D eigenvalue weighted by Crippen LogP contribution is -2.61. The lowest BCUT2D eigenvalue weighted by atomic mass is 9.92. The average Bonchev–Trinajstić information content (AvgIpc) is 3.16. The molecule has 2 aliphatic heterocycles. The van der Waals surface area contributed by atoms with Gasteiger partial charge < -0.3 is 20.9 Å². The second-order valence-electron chi connectivity index (χ2n) is 10.6. The fourth-order valence-electron chi connectivity index (χ4n) is 5.76. The van der Waals surface area contributed by atoms with Crippen LogP contribution in [-0.4, -0.2) is 72.1 Å². The number of halogens is 6. The highest BCUT2D eigenvalue weighted by Crippen LogP contribution is 2.65. The van der Waals surface area contributed by atoms with Gasteiger partial charge in [0, 0.05) is 19.0 Å². The van der Waals surface area contributed by atoms with Crippen LogP contribution in [0.1, 0.15) is 40.0 Å². The molecule has 0 aromatic rings. The molecule has 0 radical (unpaired) electrons. The van der Waals surface area contributed by atoms with Gasteiger partial charge in [-0.25, -0.2) is 0 Å². The molecule has 15 heteroatoms. The Morgan fingerprint density at radius 1 is 1.18 bits per heavy atom. The molecule has 1 saturated carbocycles. The summed E-state index contributed by atoms with van der Waals surface area (Å²) in [6.07, 6.45) is -11.1. The van der Waals surface area contributed by atoms with Gasteiger partial charge in [0.1, 0.15) is 18.1 Å². The van der Waals surface area contributed by atoms with Crippen molar-refractivity contribution in [2.75, 3.05) is 13.1 Å². The molecule has 3 N–H and O–H groups in total. The van der Waals surface area contributed by atoms with Crippen molar-refractivity contribution in [3.05, 3.63) is 0 Å². The molecular weight excluding hydrogens is 524 g/mol. The maximum Gasteiger partial charge on any atom is 0.471 e. The number of nitrogens with zero attached hydrogens (tertiary/aromatic N) is 2. The number of carbonyl (C=O) groups is 4. The van der Waals surface area contributed by atoms with E-state index in [1.165, 1.54) is 5.32 Å². The minimum absolute atomic E-state index is 0.0253. The largest absolute Gasteiger partial charge is 0.471 e. The Bertz CT molecular complexity index is 1020. The summed E-state index contributed by atoms with van der Waals surface area (Å²) in [6, 6.07) is -3.26. The minimum Gasteiger partial charge on any atom is -0.356 e. The second-order valence-corrected chi connectivity index (χ2v) is 10.6. The summed E-state index contributed by atoms with van der Waals surface area (Å²) < 4.78 is 79.9. The van der Waals surface area contributed by atoms with E-state index < -0.39 is 77.8 Å². The number of alkyl halides is 6. The number of carbonyl (C=O) groups excluding carboxylic acids is 4. The van der Waals surface area contributed by atoms with Gasteiger partial charge in [-0.3, -0.25) is 19.2 Å². The van der Waals surface area contributed by atoms with E-state index in [2.05, 4.69) is 10.6 Å². The van der Waals surface area contributed by atoms with Crippen LogP contribution in [0.2, 0.25) is 0 Å². The number of nitrogens with one attached hydrogen (secondary N) is 3. The van der Waals surface area contributed by atoms with E-state index in [0.717, 1.165) is 11.8 Å². The fourth-order valence-corrected chi connectivity index (χ4v) is 5.76. The number of amides is 4. The topological polar surface area (TPSA) is 131 Å². The quantitative estimate of drug-likeness (QED) is 0.394. The van der Waals surface area contributed by atoms with Crippen molar-refractivity contribution in [3.63, 3.8) is 0 Å². The Morgan fingerprint density at radius 3 is 2.29 bits per heavy atom. The van der Waals surface area contributed by atoms with E-state index in [9.17, 15) is 50.8 Å². The van der Waals surface area contributed by atoms with Crippen LogP contribution < -0.4 is 16.0 Å². The van der Waals surface area contributed by atoms with Crippen LogP contribution in [0.3, 0.4) is 0 Å². The first kappa shape index (κ1) is 29.5. The molecule has 1 aliphatic carbocycles. The highest BCUT2D eigenvalue weighted by molar-refractivity contribution is 5.94. The molecular formula is C23H29F6N5O4. The number of hydrogen-bond acceptors (Lipinski definition) is 5. The van der Waals surface area contributed by atoms with Gasteiger partial charge in [-0.05, 0) is 36.5 Å². The summed E-state index contributed by atoms with van der Waals surface area (Å²) in [5.41, 5.74) is -0.495. The van der Waals surface area contributed by atoms with Crippen LogP contribution in [-0.2, 0) is 19.2 Å². The van der Waals surface area contributed by atoms with Crippen molar-refractivity contribution in [1.29, 1.82) is 5.26 Å². The van der Waals surface area contributed by atoms with Crippen LogP contribution in [0.25, 0.3) is 0 Å². The third-order valence-electron chi connectivity index (χ3n) is 7.99. The molecule has 3 fully saturated rings. The van der Waals surface area contributed by atoms with Crippen LogP contribution >= 0.6 is 0 Å². The molecule has 0 aromatic heterocycles. The molecule has 3 aliphatic rings. The van der Waals surface area contributed by atoms with Crippen molar-refractivity contribution in [1.82, 2.24) is 20.9 Å². The van der Waals surface area contributed by atoms with Crippen molar-refractivity contribution >= 4 is 23.6 Å². The van der Waals surface area contributed by atoms with E-state index in [-0.39, 0.29) is 24.8 Å². The summed E-state index contributed by atoms with van der Waals surface area (Å²) >= 11 is 0. The van der Waals surface area contributed by atoms with E-state index in [1.54, 1.807) is 13.8 Å². The third kappa shape index (κ3) is 5.68. The van der Waals surface area contributed by atoms with Crippen molar-refractivity contribution in [3.8, 4) is 6.07 Å². The lowest BCUT2D eigenvalue weighted by Gasteiger charge is -2.36. The van der Waals surface area contributed by atoms with Crippen molar-refractivity contribution in [2.24, 2.45) is 29.1 Å². The Hall–Kier alpha value is -3.05. The standard InChI is InChI=1S/C23H29F6N5O4/c1-4-12(22(24,25)26)15(33-20(38)23(27,28)29)19(37)34-9-13-14(21(13,2)3)16(34)18(36)32-11(8-30)7-10-5-6-31-17(10)35/h10-16H,4-7,9H2,1-3H3,(H,31,35)(H,32,36)(H,33,38)/t10-,11-,12-,13-,14-,15-,16-/m0/s1. The first-order valence-corrected chi connectivity index (χ1v) is 12.2. The molecule has 2 saturated heterocycles. The normalized spacial score (nSPS) is 28.4. The zero-order valence-electron chi connectivity index (χ0n) is 20.9. The summed E-state index contributed by atoms with van der Waals surface area (Å²) in [4.78, 5) is 50.9. The number of piperidine rings is 1. The fraction of sp³-hybridized carbons (Fsp3) is 0.783. The van der Waals surface area contributed by atoms with Crippen molar-refractivity contribution in [2.45, 2.75) is 70.5 Å². The summed E-state index contributed by atoms with van der Waals surface area (Å²) in [5, 5.41) is 15.8. The second kappa shape index (κ2) is 10.3. The maximum absolute atomic E-state index is 13.7. The monoisotopic (exact) mass is 553 g/mol. The first-order valence-electron chi connectivity index (χ1n) is 12.2. The van der Waals surface area contributed by atoms with Gasteiger partial charge in [-0.1, -0.05) is 20.8 Å². The molecule has 212 valence electrons. The minimum atomic E-state index is -5.54. The van der Waals surface area contributed by atoms with E-state index >= 15 is 0 Å². The number of rotatable bonds is 8. The van der Waals surface area contributed by atoms with Gasteiger partial charge >= 0.3 is 18.3 Å². The van der Waals surface area contributed by atoms with Crippen molar-refractivity contribution < 1.29 is 45.5 Å². The predicted molar refractivity (Wildman–Crippen MR) is 117 cm³/mol. The molecule has 0 bridgehead atoms.